The summed E-state index contributed by atoms with van der Waals surface area (Å²) in [6.45, 7) is 1.20. The van der Waals surface area contributed by atoms with E-state index in [1.54, 1.807) is 0 Å². The zero-order valence-electron chi connectivity index (χ0n) is 13.8. The second-order valence-electron chi connectivity index (χ2n) is 5.42. The molecule has 11 heteroatoms. The number of primary amides is 1. The fourth-order valence-corrected chi connectivity index (χ4v) is 2.50. The third-order valence-corrected chi connectivity index (χ3v) is 3.92. The normalized spacial score (nSPS) is 10.8. The maximum absolute atomic E-state index is 13.7. The number of hydrogen-bond donors (Lipinski definition) is 1. The van der Waals surface area contributed by atoms with Crippen LogP contribution in [0.4, 0.5) is 13.6 Å². The molecule has 0 aliphatic carbocycles. The molecule has 0 radical (unpaired) electrons. The minimum atomic E-state index is -0.827. The highest BCUT2D eigenvalue weighted by atomic mass is 35.5. The Morgan fingerprint density at radius 2 is 2.11 bits per heavy atom. The van der Waals surface area contributed by atoms with Crippen LogP contribution in [0, 0.1) is 18.6 Å². The summed E-state index contributed by atoms with van der Waals surface area (Å²) < 4.78 is 33.9. The van der Waals surface area contributed by atoms with Crippen LogP contribution in [0.2, 0.25) is 5.02 Å². The highest BCUT2D eigenvalue weighted by Crippen LogP contribution is 2.21. The van der Waals surface area contributed by atoms with E-state index in [0.717, 1.165) is 15.3 Å². The molecule has 0 unspecified atom stereocenters. The first kappa shape index (κ1) is 18.5. The summed E-state index contributed by atoms with van der Waals surface area (Å²) in [5.74, 6) is -1.54. The summed E-state index contributed by atoms with van der Waals surface area (Å²) in [6, 6.07) is 2.18. The van der Waals surface area contributed by atoms with Crippen LogP contribution in [0.3, 0.4) is 0 Å². The van der Waals surface area contributed by atoms with Gasteiger partial charge in [0, 0.05) is 11.6 Å². The van der Waals surface area contributed by atoms with Crippen LogP contribution >= 0.6 is 11.6 Å². The van der Waals surface area contributed by atoms with E-state index >= 15 is 0 Å². The van der Waals surface area contributed by atoms with Crippen LogP contribution in [0.15, 0.2) is 35.4 Å². The number of aryl methyl sites for hydroxylation is 1. The van der Waals surface area contributed by atoms with Gasteiger partial charge >= 0.3 is 6.03 Å². The van der Waals surface area contributed by atoms with Gasteiger partial charge < -0.3 is 10.5 Å². The number of carbonyl (C=O) groups is 1. The Hall–Kier alpha value is -3.27. The first-order valence-corrected chi connectivity index (χ1v) is 7.86. The van der Waals surface area contributed by atoms with Gasteiger partial charge in [-0.25, -0.2) is 13.6 Å². The van der Waals surface area contributed by atoms with Crippen molar-refractivity contribution >= 4 is 17.6 Å². The number of carbonyl (C=O) groups excluding carboxylic acids is 1. The molecule has 3 rings (SSSR count). The molecule has 2 aromatic heterocycles. The molecule has 8 nitrogen and oxygen atoms in total. The maximum atomic E-state index is 13.7. The first-order valence-electron chi connectivity index (χ1n) is 7.48. The molecule has 140 valence electrons. The number of hydrogen-bond acceptors (Lipinski definition) is 5. The highest BCUT2D eigenvalue weighted by Gasteiger charge is 2.17. The molecule has 3 aromatic rings. The molecule has 0 saturated heterocycles. The van der Waals surface area contributed by atoms with Gasteiger partial charge in [-0.1, -0.05) is 11.6 Å². The van der Waals surface area contributed by atoms with Crippen LogP contribution in [0.5, 0.6) is 5.88 Å². The summed E-state index contributed by atoms with van der Waals surface area (Å²) in [7, 11) is 0. The number of benzene rings is 1. The minimum absolute atomic E-state index is 0.0684. The highest BCUT2D eigenvalue weighted by molar-refractivity contribution is 6.31. The van der Waals surface area contributed by atoms with Gasteiger partial charge in [-0.15, -0.1) is 0 Å². The van der Waals surface area contributed by atoms with Gasteiger partial charge in [0.15, 0.2) is 5.02 Å². The molecule has 0 saturated carbocycles. The third-order valence-electron chi connectivity index (χ3n) is 3.60. The van der Waals surface area contributed by atoms with Gasteiger partial charge in [0.05, 0.1) is 18.1 Å². The zero-order valence-corrected chi connectivity index (χ0v) is 14.6. The molecule has 0 aliphatic rings. The summed E-state index contributed by atoms with van der Waals surface area (Å²) in [4.78, 5) is 27.8. The Balaban J connectivity index is 1.92. The number of nitrogens with two attached hydrogens (primary N) is 1. The Morgan fingerprint density at radius 1 is 1.37 bits per heavy atom. The molecule has 0 fully saturated rings. The Morgan fingerprint density at radius 3 is 2.74 bits per heavy atom. The molecule has 1 aromatic carbocycles. The smallest absolute Gasteiger partial charge is 0.339 e. The van der Waals surface area contributed by atoms with Crippen molar-refractivity contribution in [2.45, 2.75) is 13.5 Å². The van der Waals surface area contributed by atoms with E-state index in [2.05, 4.69) is 10.1 Å². The molecule has 0 spiro atoms. The van der Waals surface area contributed by atoms with Crippen molar-refractivity contribution in [1.82, 2.24) is 19.3 Å². The standard InChI is InChI=1S/C16H12ClF2N5O3/c1-8-22-14(27-7-9-2-3-10(18)4-12(9)19)13(17)15(25)24(8)11-5-21-23(6-11)16(20)26/h2-6H,7H2,1H3,(H2,20,26). The lowest BCUT2D eigenvalue weighted by atomic mass is 10.2. The number of ether oxygens (including phenoxy) is 1. The quantitative estimate of drug-likeness (QED) is 0.729. The van der Waals surface area contributed by atoms with Crippen molar-refractivity contribution < 1.29 is 18.3 Å². The molecule has 27 heavy (non-hydrogen) atoms. The van der Waals surface area contributed by atoms with Crippen LogP contribution in [0.25, 0.3) is 5.69 Å². The van der Waals surface area contributed by atoms with Gasteiger partial charge in [-0.3, -0.25) is 9.36 Å². The first-order chi connectivity index (χ1) is 12.8. The van der Waals surface area contributed by atoms with Crippen LogP contribution in [0.1, 0.15) is 11.4 Å². The molecule has 2 N–H and O–H groups in total. The lowest BCUT2D eigenvalue weighted by Gasteiger charge is -2.12. The van der Waals surface area contributed by atoms with Crippen molar-refractivity contribution in [2.75, 3.05) is 0 Å². The fraction of sp³-hybridized carbons (Fsp3) is 0.125. The van der Waals surface area contributed by atoms with Crippen molar-refractivity contribution in [3.63, 3.8) is 0 Å². The van der Waals surface area contributed by atoms with E-state index < -0.39 is 23.2 Å². The van der Waals surface area contributed by atoms with Crippen LogP contribution in [-0.4, -0.2) is 25.4 Å². The van der Waals surface area contributed by atoms with Gasteiger partial charge in [0.25, 0.3) is 5.56 Å². The van der Waals surface area contributed by atoms with Crippen LogP contribution in [-0.2, 0) is 6.61 Å². The van der Waals surface area contributed by atoms with Crippen molar-refractivity contribution in [3.8, 4) is 11.6 Å². The second-order valence-corrected chi connectivity index (χ2v) is 5.80. The zero-order chi connectivity index (χ0) is 19.7. The maximum Gasteiger partial charge on any atom is 0.339 e. The summed E-state index contributed by atoms with van der Waals surface area (Å²) in [6.07, 6.45) is 2.48. The number of aromatic nitrogens is 4. The monoisotopic (exact) mass is 395 g/mol. The average molecular weight is 396 g/mol. The van der Waals surface area contributed by atoms with E-state index in [1.165, 1.54) is 25.4 Å². The van der Waals surface area contributed by atoms with Gasteiger partial charge in [0.2, 0.25) is 5.88 Å². The van der Waals surface area contributed by atoms with Crippen molar-refractivity contribution in [2.24, 2.45) is 5.73 Å². The number of rotatable bonds is 4. The molecule has 2 heterocycles. The number of amides is 1. The molecule has 0 atom stereocenters. The third kappa shape index (κ3) is 3.65. The Labute approximate surface area is 155 Å². The Bertz CT molecular complexity index is 1100. The van der Waals surface area contributed by atoms with E-state index in [-0.39, 0.29) is 34.6 Å². The number of nitrogens with zero attached hydrogens (tertiary/aromatic N) is 4. The molecular formula is C16H12ClF2N5O3. The summed E-state index contributed by atoms with van der Waals surface area (Å²) in [5.41, 5.74) is 4.72. The number of halogens is 3. The Kier molecular flexibility index (Phi) is 4.91. The summed E-state index contributed by atoms with van der Waals surface area (Å²) in [5, 5.41) is 3.38. The minimum Gasteiger partial charge on any atom is -0.471 e. The molecular weight excluding hydrogens is 384 g/mol. The molecule has 0 aliphatic heterocycles. The van der Waals surface area contributed by atoms with E-state index in [0.29, 0.717) is 6.07 Å². The topological polar surface area (TPSA) is 105 Å². The van der Waals surface area contributed by atoms with Crippen molar-refractivity contribution in [1.29, 1.82) is 0 Å². The van der Waals surface area contributed by atoms with Gasteiger partial charge in [-0.05, 0) is 19.1 Å². The predicted octanol–water partition coefficient (Wildman–Crippen LogP) is 2.17. The van der Waals surface area contributed by atoms with E-state index in [4.69, 9.17) is 22.1 Å². The molecule has 0 bridgehead atoms. The van der Waals surface area contributed by atoms with Gasteiger partial charge in [-0.2, -0.15) is 14.8 Å². The lowest BCUT2D eigenvalue weighted by molar-refractivity contribution is 0.247. The predicted molar refractivity (Wildman–Crippen MR) is 91.0 cm³/mol. The largest absolute Gasteiger partial charge is 0.471 e. The fourth-order valence-electron chi connectivity index (χ4n) is 2.32. The second kappa shape index (κ2) is 7.16. The van der Waals surface area contributed by atoms with E-state index in [9.17, 15) is 18.4 Å². The van der Waals surface area contributed by atoms with E-state index in [1.807, 2.05) is 0 Å². The SMILES string of the molecule is Cc1nc(OCc2ccc(F)cc2F)c(Cl)c(=O)n1-c1cnn(C(N)=O)c1. The lowest BCUT2D eigenvalue weighted by Crippen LogP contribution is -2.24. The average Bonchev–Trinajstić information content (AvgIpc) is 3.08. The molecule has 1 amide bonds. The van der Waals surface area contributed by atoms with Gasteiger partial charge in [0.1, 0.15) is 24.1 Å². The van der Waals surface area contributed by atoms with Crippen LogP contribution < -0.4 is 16.0 Å². The van der Waals surface area contributed by atoms with Crippen molar-refractivity contribution in [3.05, 3.63) is 69.0 Å². The summed E-state index contributed by atoms with van der Waals surface area (Å²) >= 11 is 6.03.